The van der Waals surface area contributed by atoms with Crippen LogP contribution in [-0.4, -0.2) is 0 Å². The van der Waals surface area contributed by atoms with Gasteiger partial charge in [-0.15, -0.1) is 0 Å². The molecule has 0 saturated heterocycles. The molecule has 0 fully saturated rings. The Bertz CT molecular complexity index is 125. The first-order chi connectivity index (χ1) is 5.27. The minimum atomic E-state index is 1.20. The maximum absolute atomic E-state index is 2.29. The third-order valence-electron chi connectivity index (χ3n) is 1.51. The van der Waals surface area contributed by atoms with Crippen molar-refractivity contribution in [2.45, 2.75) is 46.5 Å². The summed E-state index contributed by atoms with van der Waals surface area (Å²) in [5.41, 5.74) is 1.42. The van der Waals surface area contributed by atoms with Gasteiger partial charge in [0.1, 0.15) is 0 Å². The normalized spacial score (nSPS) is 10.5. The van der Waals surface area contributed by atoms with Crippen LogP contribution in [0.4, 0.5) is 0 Å². The highest BCUT2D eigenvalue weighted by atomic mass is 13.8. The smallest absolute Gasteiger partial charge is 0.0314 e. The van der Waals surface area contributed by atoms with Crippen LogP contribution >= 0.6 is 0 Å². The van der Waals surface area contributed by atoms with Gasteiger partial charge >= 0.3 is 0 Å². The van der Waals surface area contributed by atoms with Crippen molar-refractivity contribution in [3.8, 4) is 0 Å². The lowest BCUT2D eigenvalue weighted by atomic mass is 10.2. The highest BCUT2D eigenvalue weighted by Crippen LogP contribution is 1.99. The Balaban J connectivity index is 3.20. The molecule has 0 aromatic heterocycles. The molecule has 0 saturated carbocycles. The Morgan fingerprint density at radius 1 is 1.00 bits per heavy atom. The van der Waals surface area contributed by atoms with Crippen molar-refractivity contribution < 1.29 is 0 Å². The molecule has 0 N–H and O–H groups in total. The molecule has 0 heteroatoms. The fourth-order valence-electron chi connectivity index (χ4n) is 0.871. The molecule has 0 bridgehead atoms. The van der Waals surface area contributed by atoms with E-state index in [0.717, 1.165) is 0 Å². The zero-order valence-corrected chi connectivity index (χ0v) is 8.06. The van der Waals surface area contributed by atoms with E-state index in [0.29, 0.717) is 0 Å². The van der Waals surface area contributed by atoms with Crippen molar-refractivity contribution in [2.24, 2.45) is 0 Å². The molecule has 0 unspecified atom stereocenters. The van der Waals surface area contributed by atoms with Crippen molar-refractivity contribution in [2.75, 3.05) is 0 Å². The Morgan fingerprint density at radius 3 is 2.18 bits per heavy atom. The fraction of sp³-hybridized carbons (Fsp3) is 0.636. The molecule has 0 aliphatic heterocycles. The molecule has 0 atom stereocenters. The maximum atomic E-state index is 2.29. The van der Waals surface area contributed by atoms with E-state index in [1.165, 1.54) is 31.3 Å². The highest BCUT2D eigenvalue weighted by Gasteiger charge is 1.78. The topological polar surface area (TPSA) is 0 Å². The SMILES string of the molecule is CCC/C=C/CCC=C(C)C. The van der Waals surface area contributed by atoms with E-state index in [1.807, 2.05) is 0 Å². The quantitative estimate of drug-likeness (QED) is 0.411. The van der Waals surface area contributed by atoms with Gasteiger partial charge in [-0.05, 0) is 33.1 Å². The number of hydrogen-bond acceptors (Lipinski definition) is 0. The number of rotatable bonds is 5. The van der Waals surface area contributed by atoms with Gasteiger partial charge in [-0.2, -0.15) is 0 Å². The molecular weight excluding hydrogens is 132 g/mol. The fourth-order valence-corrected chi connectivity index (χ4v) is 0.871. The van der Waals surface area contributed by atoms with Crippen LogP contribution in [-0.2, 0) is 0 Å². The van der Waals surface area contributed by atoms with Crippen LogP contribution in [0.1, 0.15) is 46.5 Å². The zero-order valence-electron chi connectivity index (χ0n) is 8.06. The Morgan fingerprint density at radius 2 is 1.64 bits per heavy atom. The monoisotopic (exact) mass is 152 g/mol. The van der Waals surface area contributed by atoms with E-state index in [1.54, 1.807) is 0 Å². The first-order valence-electron chi connectivity index (χ1n) is 4.55. The summed E-state index contributed by atoms with van der Waals surface area (Å²) in [4.78, 5) is 0. The van der Waals surface area contributed by atoms with Gasteiger partial charge in [0, 0.05) is 0 Å². The van der Waals surface area contributed by atoms with Gasteiger partial charge in [0.15, 0.2) is 0 Å². The zero-order chi connectivity index (χ0) is 8.53. The van der Waals surface area contributed by atoms with E-state index < -0.39 is 0 Å². The van der Waals surface area contributed by atoms with Crippen LogP contribution in [0.2, 0.25) is 0 Å². The van der Waals surface area contributed by atoms with Crippen LogP contribution in [0.3, 0.4) is 0 Å². The summed E-state index contributed by atoms with van der Waals surface area (Å²) in [5.74, 6) is 0. The average Bonchev–Trinajstić information content (AvgIpc) is 1.96. The molecule has 11 heavy (non-hydrogen) atoms. The van der Waals surface area contributed by atoms with Crippen LogP contribution < -0.4 is 0 Å². The average molecular weight is 152 g/mol. The summed E-state index contributed by atoms with van der Waals surface area (Å²) in [5, 5.41) is 0. The largest absolute Gasteiger partial charge is 0.0885 e. The summed E-state index contributed by atoms with van der Waals surface area (Å²) in [7, 11) is 0. The first-order valence-corrected chi connectivity index (χ1v) is 4.55. The summed E-state index contributed by atoms with van der Waals surface area (Å²) < 4.78 is 0. The second kappa shape index (κ2) is 7.59. The number of unbranched alkanes of at least 4 members (excludes halogenated alkanes) is 2. The summed E-state index contributed by atoms with van der Waals surface area (Å²) in [6, 6.07) is 0. The van der Waals surface area contributed by atoms with Crippen molar-refractivity contribution in [1.29, 1.82) is 0 Å². The van der Waals surface area contributed by atoms with E-state index in [-0.39, 0.29) is 0 Å². The molecule has 0 aromatic carbocycles. The van der Waals surface area contributed by atoms with E-state index in [2.05, 4.69) is 39.0 Å². The number of allylic oxidation sites excluding steroid dienone is 4. The van der Waals surface area contributed by atoms with Crippen LogP contribution in [0.5, 0.6) is 0 Å². The maximum Gasteiger partial charge on any atom is -0.0314 e. The van der Waals surface area contributed by atoms with Gasteiger partial charge in [0.05, 0.1) is 0 Å². The third-order valence-corrected chi connectivity index (χ3v) is 1.51. The second-order valence-electron chi connectivity index (χ2n) is 3.12. The van der Waals surface area contributed by atoms with E-state index in [4.69, 9.17) is 0 Å². The molecule has 0 spiro atoms. The van der Waals surface area contributed by atoms with Crippen molar-refractivity contribution in [3.63, 3.8) is 0 Å². The molecule has 0 nitrogen and oxygen atoms in total. The lowest BCUT2D eigenvalue weighted by molar-refractivity contribution is 0.942. The van der Waals surface area contributed by atoms with Gasteiger partial charge in [-0.3, -0.25) is 0 Å². The molecule has 0 radical (unpaired) electrons. The van der Waals surface area contributed by atoms with Crippen molar-refractivity contribution in [1.82, 2.24) is 0 Å². The predicted molar refractivity (Wildman–Crippen MR) is 52.7 cm³/mol. The Kier molecular flexibility index (Phi) is 7.23. The minimum absolute atomic E-state index is 1.20. The van der Waals surface area contributed by atoms with Crippen LogP contribution in [0.15, 0.2) is 23.8 Å². The molecular formula is C11H20. The molecule has 64 valence electrons. The summed E-state index contributed by atoms with van der Waals surface area (Å²) in [6.07, 6.45) is 11.7. The summed E-state index contributed by atoms with van der Waals surface area (Å²) in [6.45, 7) is 6.51. The molecule has 0 aromatic rings. The predicted octanol–water partition coefficient (Wildman–Crippen LogP) is 4.09. The van der Waals surface area contributed by atoms with Crippen LogP contribution in [0, 0.1) is 0 Å². The Hall–Kier alpha value is -0.520. The van der Waals surface area contributed by atoms with E-state index in [9.17, 15) is 0 Å². The molecule has 0 rings (SSSR count). The standard InChI is InChI=1S/C11H20/c1-4-5-6-7-8-9-10-11(2)3/h6-7,10H,4-5,8-9H2,1-3H3/b7-6+. The third kappa shape index (κ3) is 9.48. The molecule has 0 heterocycles. The number of hydrogen-bond donors (Lipinski definition) is 0. The van der Waals surface area contributed by atoms with E-state index >= 15 is 0 Å². The van der Waals surface area contributed by atoms with Gasteiger partial charge in [0.25, 0.3) is 0 Å². The molecule has 0 aliphatic rings. The highest BCUT2D eigenvalue weighted by molar-refractivity contribution is 4.94. The summed E-state index contributed by atoms with van der Waals surface area (Å²) >= 11 is 0. The Labute approximate surface area is 71.0 Å². The van der Waals surface area contributed by atoms with Gasteiger partial charge in [-0.1, -0.05) is 37.1 Å². The molecule has 0 amide bonds. The molecule has 0 aliphatic carbocycles. The van der Waals surface area contributed by atoms with Gasteiger partial charge in [0.2, 0.25) is 0 Å². The van der Waals surface area contributed by atoms with Crippen molar-refractivity contribution in [3.05, 3.63) is 23.8 Å². The minimum Gasteiger partial charge on any atom is -0.0885 e. The first kappa shape index (κ1) is 10.5. The second-order valence-corrected chi connectivity index (χ2v) is 3.12. The van der Waals surface area contributed by atoms with Gasteiger partial charge < -0.3 is 0 Å². The van der Waals surface area contributed by atoms with Gasteiger partial charge in [-0.25, -0.2) is 0 Å². The lowest BCUT2D eigenvalue weighted by Crippen LogP contribution is -1.68. The van der Waals surface area contributed by atoms with Crippen molar-refractivity contribution >= 4 is 0 Å². The lowest BCUT2D eigenvalue weighted by Gasteiger charge is -1.89. The van der Waals surface area contributed by atoms with Crippen LogP contribution in [0.25, 0.3) is 0 Å².